The molecule has 5 heteroatoms. The number of fused-ring (bicyclic) bond motifs is 1. The Morgan fingerprint density at radius 3 is 2.74 bits per heavy atom. The maximum atomic E-state index is 11.9. The largest absolute Gasteiger partial charge is 0.454 e. The Bertz CT molecular complexity index is 480. The minimum absolute atomic E-state index is 0.148. The van der Waals surface area contributed by atoms with Crippen LogP contribution < -0.4 is 20.5 Å². The average Bonchev–Trinajstić information content (AvgIpc) is 2.81. The summed E-state index contributed by atoms with van der Waals surface area (Å²) in [5.41, 5.74) is 6.60. The van der Waals surface area contributed by atoms with Crippen LogP contribution in [0, 0.1) is 5.41 Å². The average molecular weight is 264 g/mol. The second-order valence-electron chi connectivity index (χ2n) is 5.75. The van der Waals surface area contributed by atoms with E-state index in [0.29, 0.717) is 12.3 Å². The van der Waals surface area contributed by atoms with E-state index in [2.05, 4.69) is 5.32 Å². The lowest BCUT2D eigenvalue weighted by Crippen LogP contribution is -2.48. The molecular weight excluding hydrogens is 244 g/mol. The topological polar surface area (TPSA) is 73.6 Å². The highest BCUT2D eigenvalue weighted by Gasteiger charge is 2.27. The summed E-state index contributed by atoms with van der Waals surface area (Å²) in [7, 11) is 0. The fourth-order valence-corrected chi connectivity index (χ4v) is 1.74. The third-order valence-corrected chi connectivity index (χ3v) is 3.12. The maximum Gasteiger partial charge on any atom is 0.237 e. The van der Waals surface area contributed by atoms with Gasteiger partial charge in [-0.1, -0.05) is 26.8 Å². The normalized spacial score (nSPS) is 15.2. The van der Waals surface area contributed by atoms with Crippen molar-refractivity contribution in [3.8, 4) is 11.5 Å². The fourth-order valence-electron chi connectivity index (χ4n) is 1.74. The Balaban J connectivity index is 1.94. The van der Waals surface area contributed by atoms with Gasteiger partial charge < -0.3 is 20.5 Å². The number of carbonyl (C=O) groups is 1. The van der Waals surface area contributed by atoms with Gasteiger partial charge in [-0.05, 0) is 23.1 Å². The van der Waals surface area contributed by atoms with Gasteiger partial charge in [-0.25, -0.2) is 0 Å². The number of rotatable bonds is 3. The number of nitrogens with one attached hydrogen (secondary N) is 1. The van der Waals surface area contributed by atoms with Crippen LogP contribution in [0.5, 0.6) is 11.5 Å². The highest BCUT2D eigenvalue weighted by atomic mass is 16.7. The summed E-state index contributed by atoms with van der Waals surface area (Å²) >= 11 is 0. The van der Waals surface area contributed by atoms with E-state index in [4.69, 9.17) is 15.2 Å². The van der Waals surface area contributed by atoms with Gasteiger partial charge in [0.15, 0.2) is 11.5 Å². The molecule has 0 saturated heterocycles. The Morgan fingerprint density at radius 2 is 2.05 bits per heavy atom. The van der Waals surface area contributed by atoms with Gasteiger partial charge in [-0.3, -0.25) is 4.79 Å². The Kier molecular flexibility index (Phi) is 3.66. The second kappa shape index (κ2) is 5.09. The molecular formula is C14H20N2O3. The molecule has 5 nitrogen and oxygen atoms in total. The molecule has 1 aromatic carbocycles. The lowest BCUT2D eigenvalue weighted by molar-refractivity contribution is -0.124. The molecule has 1 aromatic rings. The van der Waals surface area contributed by atoms with Gasteiger partial charge in [0.05, 0.1) is 6.04 Å². The quantitative estimate of drug-likeness (QED) is 0.865. The molecule has 0 fully saturated rings. The lowest BCUT2D eigenvalue weighted by Gasteiger charge is -2.25. The van der Waals surface area contributed by atoms with Gasteiger partial charge in [-0.15, -0.1) is 0 Å². The van der Waals surface area contributed by atoms with Crippen molar-refractivity contribution in [2.75, 3.05) is 6.79 Å². The van der Waals surface area contributed by atoms with Crippen molar-refractivity contribution < 1.29 is 14.3 Å². The Labute approximate surface area is 113 Å². The molecule has 0 spiro atoms. The molecule has 3 N–H and O–H groups in total. The summed E-state index contributed by atoms with van der Waals surface area (Å²) in [5.74, 6) is 1.30. The van der Waals surface area contributed by atoms with E-state index in [1.54, 1.807) is 0 Å². The summed E-state index contributed by atoms with van der Waals surface area (Å²) in [5, 5.41) is 2.84. The van der Waals surface area contributed by atoms with E-state index >= 15 is 0 Å². The van der Waals surface area contributed by atoms with Crippen molar-refractivity contribution in [1.29, 1.82) is 0 Å². The number of ether oxygens (including phenoxy) is 2. The SMILES string of the molecule is CC(C)(C)C(N)C(=O)NCc1ccc2c(c1)OCO2. The third kappa shape index (κ3) is 3.17. The zero-order valence-corrected chi connectivity index (χ0v) is 11.5. The van der Waals surface area contributed by atoms with Gasteiger partial charge in [0.25, 0.3) is 0 Å². The van der Waals surface area contributed by atoms with Crippen LogP contribution in [0.2, 0.25) is 0 Å². The molecule has 0 aliphatic carbocycles. The number of hydrogen-bond acceptors (Lipinski definition) is 4. The lowest BCUT2D eigenvalue weighted by atomic mass is 9.87. The number of nitrogens with two attached hydrogens (primary N) is 1. The Hall–Kier alpha value is -1.75. The summed E-state index contributed by atoms with van der Waals surface area (Å²) < 4.78 is 10.5. The van der Waals surface area contributed by atoms with E-state index in [9.17, 15) is 4.79 Å². The molecule has 1 aliphatic heterocycles. The van der Waals surface area contributed by atoms with Crippen molar-refractivity contribution in [2.45, 2.75) is 33.4 Å². The molecule has 0 radical (unpaired) electrons. The predicted molar refractivity (Wildman–Crippen MR) is 71.8 cm³/mol. The van der Waals surface area contributed by atoms with Crippen LogP contribution in [0.4, 0.5) is 0 Å². The van der Waals surface area contributed by atoms with Crippen LogP contribution >= 0.6 is 0 Å². The van der Waals surface area contributed by atoms with Crippen LogP contribution in [0.25, 0.3) is 0 Å². The smallest absolute Gasteiger partial charge is 0.237 e. The molecule has 104 valence electrons. The summed E-state index contributed by atoms with van der Waals surface area (Å²) in [6, 6.07) is 5.08. The van der Waals surface area contributed by atoms with Crippen LogP contribution in [-0.4, -0.2) is 18.7 Å². The predicted octanol–water partition coefficient (Wildman–Crippen LogP) is 1.40. The summed E-state index contributed by atoms with van der Waals surface area (Å²) in [4.78, 5) is 11.9. The third-order valence-electron chi connectivity index (χ3n) is 3.12. The van der Waals surface area contributed by atoms with E-state index in [0.717, 1.165) is 11.3 Å². The second-order valence-corrected chi connectivity index (χ2v) is 5.75. The van der Waals surface area contributed by atoms with Gasteiger partial charge in [0.2, 0.25) is 12.7 Å². The first-order chi connectivity index (χ1) is 8.88. The molecule has 2 rings (SSSR count). The number of amides is 1. The van der Waals surface area contributed by atoms with Crippen molar-refractivity contribution in [3.63, 3.8) is 0 Å². The first-order valence-corrected chi connectivity index (χ1v) is 6.30. The maximum absolute atomic E-state index is 11.9. The van der Waals surface area contributed by atoms with E-state index in [1.165, 1.54) is 0 Å². The molecule has 1 atom stereocenters. The number of benzene rings is 1. The highest BCUT2D eigenvalue weighted by Crippen LogP contribution is 2.32. The van der Waals surface area contributed by atoms with Crippen LogP contribution in [0.1, 0.15) is 26.3 Å². The van der Waals surface area contributed by atoms with Crippen molar-refractivity contribution in [1.82, 2.24) is 5.32 Å². The van der Waals surface area contributed by atoms with Gasteiger partial charge in [0, 0.05) is 6.54 Å². The molecule has 0 bridgehead atoms. The monoisotopic (exact) mass is 264 g/mol. The molecule has 1 amide bonds. The van der Waals surface area contributed by atoms with Gasteiger partial charge in [-0.2, -0.15) is 0 Å². The first-order valence-electron chi connectivity index (χ1n) is 6.30. The minimum atomic E-state index is -0.526. The zero-order chi connectivity index (χ0) is 14.0. The number of carbonyl (C=O) groups excluding carboxylic acids is 1. The first kappa shape index (κ1) is 13.7. The van der Waals surface area contributed by atoms with Crippen LogP contribution in [0.15, 0.2) is 18.2 Å². The molecule has 1 heterocycles. The molecule has 0 aromatic heterocycles. The fraction of sp³-hybridized carbons (Fsp3) is 0.500. The van der Waals surface area contributed by atoms with Crippen LogP contribution in [-0.2, 0) is 11.3 Å². The zero-order valence-electron chi connectivity index (χ0n) is 11.5. The molecule has 1 aliphatic rings. The van der Waals surface area contributed by atoms with Crippen LogP contribution in [0.3, 0.4) is 0 Å². The molecule has 1 unspecified atom stereocenters. The van der Waals surface area contributed by atoms with E-state index in [1.807, 2.05) is 39.0 Å². The standard InChI is InChI=1S/C14H20N2O3/c1-14(2,3)12(15)13(17)16-7-9-4-5-10-11(6-9)19-8-18-10/h4-6,12H,7-8,15H2,1-3H3,(H,16,17). The molecule has 19 heavy (non-hydrogen) atoms. The van der Waals surface area contributed by atoms with E-state index in [-0.39, 0.29) is 18.1 Å². The van der Waals surface area contributed by atoms with Gasteiger partial charge >= 0.3 is 0 Å². The summed E-state index contributed by atoms with van der Waals surface area (Å²) in [6.07, 6.45) is 0. The van der Waals surface area contributed by atoms with Crippen molar-refractivity contribution in [2.24, 2.45) is 11.1 Å². The molecule has 0 saturated carbocycles. The van der Waals surface area contributed by atoms with Gasteiger partial charge in [0.1, 0.15) is 0 Å². The minimum Gasteiger partial charge on any atom is -0.454 e. The van der Waals surface area contributed by atoms with E-state index < -0.39 is 6.04 Å². The highest BCUT2D eigenvalue weighted by molar-refractivity contribution is 5.82. The summed E-state index contributed by atoms with van der Waals surface area (Å²) in [6.45, 7) is 6.51. The Morgan fingerprint density at radius 1 is 1.37 bits per heavy atom. The number of hydrogen-bond donors (Lipinski definition) is 2. The van der Waals surface area contributed by atoms with Crippen molar-refractivity contribution >= 4 is 5.91 Å². The van der Waals surface area contributed by atoms with Crippen molar-refractivity contribution in [3.05, 3.63) is 23.8 Å².